The molecule has 0 fully saturated rings. The molecule has 1 N–H and O–H groups in total. The number of hydrogen-bond donors (Lipinski definition) is 1. The maximum atomic E-state index is 6.08. The van der Waals surface area contributed by atoms with E-state index in [0.717, 1.165) is 32.1 Å². The highest BCUT2D eigenvalue weighted by Gasteiger charge is 2.15. The summed E-state index contributed by atoms with van der Waals surface area (Å²) >= 11 is 9.56. The van der Waals surface area contributed by atoms with Gasteiger partial charge in [0.25, 0.3) is 0 Å². The van der Waals surface area contributed by atoms with Gasteiger partial charge in [-0.1, -0.05) is 29.8 Å². The van der Waals surface area contributed by atoms with Gasteiger partial charge in [0.05, 0.1) is 12.8 Å². The SMILES string of the molecule is Clc1ccccc1CN/N=C\c1cc2c(cc1Br)OCO2. The van der Waals surface area contributed by atoms with Gasteiger partial charge in [0, 0.05) is 15.1 Å². The Kier molecular flexibility index (Phi) is 4.31. The number of ether oxygens (including phenoxy) is 2. The quantitative estimate of drug-likeness (QED) is 0.657. The summed E-state index contributed by atoms with van der Waals surface area (Å²) in [6, 6.07) is 11.4. The van der Waals surface area contributed by atoms with Crippen LogP contribution in [-0.4, -0.2) is 13.0 Å². The first-order valence-electron chi connectivity index (χ1n) is 6.32. The van der Waals surface area contributed by atoms with E-state index in [-0.39, 0.29) is 6.79 Å². The van der Waals surface area contributed by atoms with E-state index in [2.05, 4.69) is 26.5 Å². The van der Waals surface area contributed by atoms with Crippen LogP contribution in [0.2, 0.25) is 5.02 Å². The molecule has 0 saturated heterocycles. The molecule has 21 heavy (non-hydrogen) atoms. The van der Waals surface area contributed by atoms with Crippen LogP contribution in [0.3, 0.4) is 0 Å². The van der Waals surface area contributed by atoms with Gasteiger partial charge in [-0.3, -0.25) is 0 Å². The minimum Gasteiger partial charge on any atom is -0.454 e. The summed E-state index contributed by atoms with van der Waals surface area (Å²) in [4.78, 5) is 0. The molecule has 0 aromatic heterocycles. The molecular formula is C15H12BrClN2O2. The molecule has 0 spiro atoms. The number of rotatable bonds is 4. The van der Waals surface area contributed by atoms with Crippen molar-refractivity contribution < 1.29 is 9.47 Å². The van der Waals surface area contributed by atoms with Gasteiger partial charge in [0.2, 0.25) is 6.79 Å². The summed E-state index contributed by atoms with van der Waals surface area (Å²) in [7, 11) is 0. The molecule has 0 bridgehead atoms. The molecule has 1 aliphatic rings. The highest BCUT2D eigenvalue weighted by atomic mass is 79.9. The topological polar surface area (TPSA) is 42.9 Å². The summed E-state index contributed by atoms with van der Waals surface area (Å²) in [6.07, 6.45) is 1.73. The van der Waals surface area contributed by atoms with Crippen LogP contribution in [0.5, 0.6) is 11.5 Å². The maximum Gasteiger partial charge on any atom is 0.231 e. The standard InChI is InChI=1S/C15H12BrClN2O2/c16-12-6-15-14(20-9-21-15)5-11(12)8-19-18-7-10-3-1-2-4-13(10)17/h1-6,8,18H,7,9H2/b19-8-. The van der Waals surface area contributed by atoms with E-state index in [0.29, 0.717) is 6.54 Å². The molecule has 0 unspecified atom stereocenters. The maximum absolute atomic E-state index is 6.08. The first-order valence-corrected chi connectivity index (χ1v) is 7.49. The van der Waals surface area contributed by atoms with E-state index in [1.807, 2.05) is 36.4 Å². The third kappa shape index (κ3) is 3.31. The predicted molar refractivity (Wildman–Crippen MR) is 86.2 cm³/mol. The molecule has 0 amide bonds. The number of benzene rings is 2. The molecule has 6 heteroatoms. The monoisotopic (exact) mass is 366 g/mol. The second-order valence-electron chi connectivity index (χ2n) is 4.41. The van der Waals surface area contributed by atoms with Crippen LogP contribution in [0, 0.1) is 0 Å². The van der Waals surface area contributed by atoms with E-state index < -0.39 is 0 Å². The first-order chi connectivity index (χ1) is 10.2. The number of hydrazone groups is 1. The molecule has 1 aliphatic heterocycles. The number of nitrogens with one attached hydrogen (secondary N) is 1. The highest BCUT2D eigenvalue weighted by molar-refractivity contribution is 9.10. The molecule has 4 nitrogen and oxygen atoms in total. The Bertz CT molecular complexity index is 691. The van der Waals surface area contributed by atoms with Gasteiger partial charge >= 0.3 is 0 Å². The molecule has 0 atom stereocenters. The fourth-order valence-corrected chi connectivity index (χ4v) is 2.55. The number of hydrogen-bond acceptors (Lipinski definition) is 4. The Hall–Kier alpha value is -1.72. The van der Waals surface area contributed by atoms with E-state index in [9.17, 15) is 0 Å². The second-order valence-corrected chi connectivity index (χ2v) is 5.67. The Labute approximate surface area is 135 Å². The fourth-order valence-electron chi connectivity index (χ4n) is 1.92. The summed E-state index contributed by atoms with van der Waals surface area (Å²) in [5, 5.41) is 4.93. The van der Waals surface area contributed by atoms with Crippen LogP contribution < -0.4 is 14.9 Å². The van der Waals surface area contributed by atoms with Gasteiger partial charge in [0.1, 0.15) is 0 Å². The zero-order valence-electron chi connectivity index (χ0n) is 11.0. The van der Waals surface area contributed by atoms with Crippen molar-refractivity contribution >= 4 is 33.7 Å². The van der Waals surface area contributed by atoms with Crippen LogP contribution in [0.25, 0.3) is 0 Å². The van der Waals surface area contributed by atoms with Crippen molar-refractivity contribution in [3.63, 3.8) is 0 Å². The molecule has 2 aromatic carbocycles. The van der Waals surface area contributed by atoms with E-state index in [4.69, 9.17) is 21.1 Å². The minimum absolute atomic E-state index is 0.257. The predicted octanol–water partition coefficient (Wildman–Crippen LogP) is 3.95. The summed E-state index contributed by atoms with van der Waals surface area (Å²) in [5.41, 5.74) is 4.89. The lowest BCUT2D eigenvalue weighted by atomic mass is 10.2. The van der Waals surface area contributed by atoms with Gasteiger partial charge in [-0.2, -0.15) is 5.10 Å². The zero-order valence-corrected chi connectivity index (χ0v) is 13.3. The summed E-state index contributed by atoms with van der Waals surface area (Å²) in [5.74, 6) is 1.47. The summed E-state index contributed by atoms with van der Waals surface area (Å²) < 4.78 is 11.5. The van der Waals surface area contributed by atoms with Gasteiger partial charge in [-0.25, -0.2) is 0 Å². The van der Waals surface area contributed by atoms with Crippen LogP contribution in [0.4, 0.5) is 0 Å². The molecule has 3 rings (SSSR count). The van der Waals surface area contributed by atoms with Crippen LogP contribution in [0.1, 0.15) is 11.1 Å². The van der Waals surface area contributed by atoms with E-state index in [1.165, 1.54) is 0 Å². The molecule has 0 radical (unpaired) electrons. The van der Waals surface area contributed by atoms with Gasteiger partial charge in [-0.15, -0.1) is 0 Å². The Balaban J connectivity index is 1.66. The minimum atomic E-state index is 0.257. The van der Waals surface area contributed by atoms with Gasteiger partial charge in [-0.05, 0) is 39.7 Å². The summed E-state index contributed by atoms with van der Waals surface area (Å²) in [6.45, 7) is 0.825. The number of fused-ring (bicyclic) bond motifs is 1. The Morgan fingerprint density at radius 3 is 2.81 bits per heavy atom. The average molecular weight is 368 g/mol. The molecule has 1 heterocycles. The van der Waals surface area contributed by atoms with Crippen molar-refractivity contribution in [2.45, 2.75) is 6.54 Å². The van der Waals surface area contributed by atoms with Crippen molar-refractivity contribution in [3.8, 4) is 11.5 Å². The van der Waals surface area contributed by atoms with Crippen molar-refractivity contribution in [3.05, 3.63) is 57.0 Å². The molecule has 0 aliphatic carbocycles. The third-order valence-electron chi connectivity index (χ3n) is 3.01. The molecule has 0 saturated carbocycles. The van der Waals surface area contributed by atoms with E-state index >= 15 is 0 Å². The smallest absolute Gasteiger partial charge is 0.231 e. The van der Waals surface area contributed by atoms with Crippen molar-refractivity contribution in [1.29, 1.82) is 0 Å². The van der Waals surface area contributed by atoms with Crippen LogP contribution in [0.15, 0.2) is 46.0 Å². The zero-order chi connectivity index (χ0) is 14.7. The third-order valence-corrected chi connectivity index (χ3v) is 4.07. The van der Waals surface area contributed by atoms with Crippen molar-refractivity contribution in [1.82, 2.24) is 5.43 Å². The van der Waals surface area contributed by atoms with Crippen molar-refractivity contribution in [2.75, 3.05) is 6.79 Å². The lowest BCUT2D eigenvalue weighted by Crippen LogP contribution is -2.06. The normalized spacial score (nSPS) is 12.9. The van der Waals surface area contributed by atoms with E-state index in [1.54, 1.807) is 6.21 Å². The van der Waals surface area contributed by atoms with Gasteiger partial charge < -0.3 is 14.9 Å². The fraction of sp³-hybridized carbons (Fsp3) is 0.133. The Morgan fingerprint density at radius 1 is 1.24 bits per heavy atom. The largest absolute Gasteiger partial charge is 0.454 e. The number of halogens is 2. The molecular weight excluding hydrogens is 356 g/mol. The van der Waals surface area contributed by atoms with Crippen molar-refractivity contribution in [2.24, 2.45) is 5.10 Å². The van der Waals surface area contributed by atoms with Crippen LogP contribution >= 0.6 is 27.5 Å². The highest BCUT2D eigenvalue weighted by Crippen LogP contribution is 2.36. The molecule has 2 aromatic rings. The molecule has 108 valence electrons. The lowest BCUT2D eigenvalue weighted by molar-refractivity contribution is 0.174. The van der Waals surface area contributed by atoms with Crippen LogP contribution in [-0.2, 0) is 6.54 Å². The second kappa shape index (κ2) is 6.37. The average Bonchev–Trinajstić information content (AvgIpc) is 2.92. The lowest BCUT2D eigenvalue weighted by Gasteiger charge is -2.04. The first kappa shape index (κ1) is 14.2. The number of nitrogens with zero attached hydrogens (tertiary/aromatic N) is 1. The Morgan fingerprint density at radius 2 is 2.00 bits per heavy atom. The van der Waals surface area contributed by atoms with Gasteiger partial charge in [0.15, 0.2) is 11.5 Å².